The molecule has 0 spiro atoms. The van der Waals surface area contributed by atoms with Gasteiger partial charge in [-0.1, -0.05) is 6.42 Å². The number of hydrogen-bond donors (Lipinski definition) is 0. The molecule has 0 bridgehead atoms. The first kappa shape index (κ1) is 15.1. The van der Waals surface area contributed by atoms with Crippen LogP contribution >= 0.6 is 0 Å². The molecular weight excluding hydrogens is 288 g/mol. The molecule has 4 heterocycles. The van der Waals surface area contributed by atoms with Crippen LogP contribution in [0, 0.1) is 0 Å². The maximum atomic E-state index is 6.03. The minimum Gasteiger partial charge on any atom is -0.370 e. The highest BCUT2D eigenvalue weighted by Crippen LogP contribution is 2.30. The number of pyridine rings is 1. The number of rotatable bonds is 3. The highest BCUT2D eigenvalue weighted by molar-refractivity contribution is 5.71. The number of fused-ring (bicyclic) bond motifs is 1. The number of piperidine rings is 1. The second-order valence-corrected chi connectivity index (χ2v) is 6.91. The molecule has 2 aliphatic rings. The molecule has 2 saturated heterocycles. The van der Waals surface area contributed by atoms with E-state index < -0.39 is 0 Å². The minimum atomic E-state index is 0.131. The van der Waals surface area contributed by atoms with Crippen LogP contribution in [-0.4, -0.2) is 45.7 Å². The monoisotopic (exact) mass is 314 g/mol. The summed E-state index contributed by atoms with van der Waals surface area (Å²) in [4.78, 5) is 12.0. The third-order valence-electron chi connectivity index (χ3n) is 5.32. The lowest BCUT2D eigenvalue weighted by atomic mass is 10.0. The Kier molecular flexibility index (Phi) is 4.31. The first-order valence-corrected chi connectivity index (χ1v) is 8.96. The molecule has 0 aliphatic carbocycles. The molecule has 23 heavy (non-hydrogen) atoms. The van der Waals surface area contributed by atoms with E-state index in [1.807, 2.05) is 12.3 Å². The maximum Gasteiger partial charge on any atom is 0.160 e. The van der Waals surface area contributed by atoms with Crippen LogP contribution in [-0.2, 0) is 11.3 Å². The van der Waals surface area contributed by atoms with Gasteiger partial charge in [-0.25, -0.2) is 9.97 Å². The Morgan fingerprint density at radius 2 is 2.13 bits per heavy atom. The average Bonchev–Trinajstić information content (AvgIpc) is 2.96. The highest BCUT2D eigenvalue weighted by Gasteiger charge is 2.27. The third-order valence-corrected chi connectivity index (χ3v) is 5.32. The fourth-order valence-corrected chi connectivity index (χ4v) is 3.93. The number of likely N-dealkylation sites (tertiary alicyclic amines) is 1. The van der Waals surface area contributed by atoms with Gasteiger partial charge in [-0.2, -0.15) is 0 Å². The fraction of sp³-hybridized carbons (Fsp3) is 0.667. The Bertz CT molecular complexity index is 662. The van der Waals surface area contributed by atoms with Crippen molar-refractivity contribution in [2.24, 2.45) is 0 Å². The molecule has 5 nitrogen and oxygen atoms in total. The first-order chi connectivity index (χ1) is 11.3. The Balaban J connectivity index is 1.70. The zero-order valence-electron chi connectivity index (χ0n) is 13.9. The van der Waals surface area contributed by atoms with Gasteiger partial charge in [0.2, 0.25) is 0 Å². The summed E-state index contributed by atoms with van der Waals surface area (Å²) in [6.07, 6.45) is 9.37. The number of aromatic nitrogens is 3. The number of imidazole rings is 1. The van der Waals surface area contributed by atoms with Crippen molar-refractivity contribution in [2.45, 2.75) is 57.2 Å². The summed E-state index contributed by atoms with van der Waals surface area (Å²) in [6, 6.07) is 4.61. The topological polar surface area (TPSA) is 43.2 Å². The molecule has 2 atom stereocenters. The van der Waals surface area contributed by atoms with E-state index >= 15 is 0 Å². The third kappa shape index (κ3) is 3.00. The molecule has 124 valence electrons. The SMILES string of the molecule is CN1CCCCC1Cn1c(C2CCCCO2)nc2cccnc21. The highest BCUT2D eigenvalue weighted by atomic mass is 16.5. The lowest BCUT2D eigenvalue weighted by molar-refractivity contribution is 0.00670. The van der Waals surface area contributed by atoms with Crippen LogP contribution in [0.5, 0.6) is 0 Å². The Morgan fingerprint density at radius 3 is 2.96 bits per heavy atom. The molecule has 0 saturated carbocycles. The van der Waals surface area contributed by atoms with Crippen LogP contribution in [0.25, 0.3) is 11.2 Å². The second-order valence-electron chi connectivity index (χ2n) is 6.91. The van der Waals surface area contributed by atoms with Gasteiger partial charge < -0.3 is 14.2 Å². The van der Waals surface area contributed by atoms with Crippen molar-refractivity contribution in [3.63, 3.8) is 0 Å². The van der Waals surface area contributed by atoms with Gasteiger partial charge in [0.25, 0.3) is 0 Å². The summed E-state index contributed by atoms with van der Waals surface area (Å²) in [5, 5.41) is 0. The van der Waals surface area contributed by atoms with Crippen molar-refractivity contribution in [1.82, 2.24) is 19.4 Å². The van der Waals surface area contributed by atoms with E-state index in [4.69, 9.17) is 9.72 Å². The smallest absolute Gasteiger partial charge is 0.160 e. The van der Waals surface area contributed by atoms with Gasteiger partial charge in [-0.3, -0.25) is 0 Å². The lowest BCUT2D eigenvalue weighted by Crippen LogP contribution is -2.39. The molecule has 2 aliphatic heterocycles. The van der Waals surface area contributed by atoms with Gasteiger partial charge in [0.05, 0.1) is 0 Å². The molecule has 0 radical (unpaired) electrons. The quantitative estimate of drug-likeness (QED) is 0.873. The van der Waals surface area contributed by atoms with Crippen LogP contribution in [0.1, 0.15) is 50.5 Å². The lowest BCUT2D eigenvalue weighted by Gasteiger charge is -2.33. The van der Waals surface area contributed by atoms with Gasteiger partial charge in [0, 0.05) is 25.4 Å². The second kappa shape index (κ2) is 6.57. The van der Waals surface area contributed by atoms with E-state index in [-0.39, 0.29) is 6.10 Å². The number of likely N-dealkylation sites (N-methyl/N-ethyl adjacent to an activating group) is 1. The molecule has 5 heteroatoms. The summed E-state index contributed by atoms with van der Waals surface area (Å²) < 4.78 is 8.36. The van der Waals surface area contributed by atoms with Crippen molar-refractivity contribution in [2.75, 3.05) is 20.2 Å². The molecule has 2 aromatic heterocycles. The Hall–Kier alpha value is -1.46. The van der Waals surface area contributed by atoms with Crippen LogP contribution in [0.3, 0.4) is 0 Å². The summed E-state index contributed by atoms with van der Waals surface area (Å²) in [6.45, 7) is 3.02. The van der Waals surface area contributed by atoms with Gasteiger partial charge in [0.1, 0.15) is 17.4 Å². The summed E-state index contributed by atoms with van der Waals surface area (Å²) in [7, 11) is 2.24. The largest absolute Gasteiger partial charge is 0.370 e. The summed E-state index contributed by atoms with van der Waals surface area (Å²) in [5.41, 5.74) is 2.01. The van der Waals surface area contributed by atoms with E-state index in [1.54, 1.807) is 0 Å². The first-order valence-electron chi connectivity index (χ1n) is 8.96. The number of ether oxygens (including phenoxy) is 1. The molecule has 4 rings (SSSR count). The summed E-state index contributed by atoms with van der Waals surface area (Å²) >= 11 is 0. The van der Waals surface area contributed by atoms with Crippen molar-refractivity contribution in [3.8, 4) is 0 Å². The van der Waals surface area contributed by atoms with Crippen LogP contribution < -0.4 is 0 Å². The van der Waals surface area contributed by atoms with Gasteiger partial charge in [-0.15, -0.1) is 0 Å². The molecule has 0 aromatic carbocycles. The standard InChI is InChI=1S/C18H26N4O/c1-21-11-4-2-7-14(21)13-22-17-15(8-6-10-19-17)20-18(22)16-9-3-5-12-23-16/h6,8,10,14,16H,2-5,7,9,11-13H2,1H3. The van der Waals surface area contributed by atoms with Crippen LogP contribution in [0.15, 0.2) is 18.3 Å². The molecule has 2 unspecified atom stereocenters. The molecule has 0 amide bonds. The Labute approximate surface area is 137 Å². The van der Waals surface area contributed by atoms with Crippen molar-refractivity contribution >= 4 is 11.2 Å². The minimum absolute atomic E-state index is 0.131. The predicted molar refractivity (Wildman–Crippen MR) is 90.3 cm³/mol. The van der Waals surface area contributed by atoms with E-state index in [9.17, 15) is 0 Å². The zero-order chi connectivity index (χ0) is 15.6. The molecular formula is C18H26N4O. The van der Waals surface area contributed by atoms with E-state index in [2.05, 4.69) is 27.6 Å². The average molecular weight is 314 g/mol. The van der Waals surface area contributed by atoms with Gasteiger partial charge in [-0.05, 0) is 57.8 Å². The normalized spacial score (nSPS) is 26.7. The molecule has 2 fully saturated rings. The maximum absolute atomic E-state index is 6.03. The Morgan fingerprint density at radius 1 is 1.22 bits per heavy atom. The van der Waals surface area contributed by atoms with Crippen LogP contribution in [0.4, 0.5) is 0 Å². The van der Waals surface area contributed by atoms with E-state index in [1.165, 1.54) is 38.6 Å². The molecule has 2 aromatic rings. The van der Waals surface area contributed by atoms with Crippen molar-refractivity contribution < 1.29 is 4.74 Å². The zero-order valence-corrected chi connectivity index (χ0v) is 13.9. The van der Waals surface area contributed by atoms with Crippen molar-refractivity contribution in [1.29, 1.82) is 0 Å². The number of nitrogens with zero attached hydrogens (tertiary/aromatic N) is 4. The van der Waals surface area contributed by atoms with Crippen LogP contribution in [0.2, 0.25) is 0 Å². The van der Waals surface area contributed by atoms with Gasteiger partial charge >= 0.3 is 0 Å². The van der Waals surface area contributed by atoms with Crippen molar-refractivity contribution in [3.05, 3.63) is 24.2 Å². The number of hydrogen-bond acceptors (Lipinski definition) is 4. The van der Waals surface area contributed by atoms with Gasteiger partial charge in [0.15, 0.2) is 5.65 Å². The molecule has 0 N–H and O–H groups in total. The van der Waals surface area contributed by atoms with E-state index in [0.717, 1.165) is 36.6 Å². The predicted octanol–water partition coefficient (Wildman–Crippen LogP) is 3.16. The van der Waals surface area contributed by atoms with E-state index in [0.29, 0.717) is 6.04 Å². The summed E-state index contributed by atoms with van der Waals surface area (Å²) in [5.74, 6) is 1.08. The fourth-order valence-electron chi connectivity index (χ4n) is 3.93.